The zero-order valence-corrected chi connectivity index (χ0v) is 12.7. The van der Waals surface area contributed by atoms with Gasteiger partial charge < -0.3 is 10.1 Å². The summed E-state index contributed by atoms with van der Waals surface area (Å²) in [5.74, 6) is 4.29. The van der Waals surface area contributed by atoms with Crippen LogP contribution in [0.1, 0.15) is 52.9 Å². The third-order valence-corrected chi connectivity index (χ3v) is 7.24. The van der Waals surface area contributed by atoms with Crippen LogP contribution in [-0.4, -0.2) is 24.8 Å². The van der Waals surface area contributed by atoms with Gasteiger partial charge in [-0.2, -0.15) is 0 Å². The molecule has 1 N–H and O–H groups in total. The Hall–Kier alpha value is -0.0800. The van der Waals surface area contributed by atoms with Gasteiger partial charge in [0, 0.05) is 24.1 Å². The van der Waals surface area contributed by atoms with E-state index in [-0.39, 0.29) is 0 Å². The largest absolute Gasteiger partial charge is 0.378 e. The molecule has 0 aromatic rings. The van der Waals surface area contributed by atoms with Crippen LogP contribution in [0.3, 0.4) is 0 Å². The highest BCUT2D eigenvalue weighted by Gasteiger charge is 2.66. The van der Waals surface area contributed by atoms with E-state index in [2.05, 4.69) is 26.1 Å². The molecule has 7 atom stereocenters. The van der Waals surface area contributed by atoms with Crippen molar-refractivity contribution in [3.05, 3.63) is 0 Å². The van der Waals surface area contributed by atoms with E-state index in [9.17, 15) is 0 Å². The lowest BCUT2D eigenvalue weighted by Crippen LogP contribution is -2.63. The molecule has 108 valence electrons. The van der Waals surface area contributed by atoms with Crippen molar-refractivity contribution < 1.29 is 4.74 Å². The molecular formula is C17H29NO. The lowest BCUT2D eigenvalue weighted by Gasteiger charge is -2.54. The van der Waals surface area contributed by atoms with Crippen LogP contribution >= 0.6 is 0 Å². The molecule has 19 heavy (non-hydrogen) atoms. The van der Waals surface area contributed by atoms with Gasteiger partial charge in [0.25, 0.3) is 0 Å². The lowest BCUT2D eigenvalue weighted by atomic mass is 9.61. The fourth-order valence-corrected chi connectivity index (χ4v) is 5.79. The van der Waals surface area contributed by atoms with Crippen molar-refractivity contribution in [1.29, 1.82) is 0 Å². The zero-order valence-electron chi connectivity index (χ0n) is 12.7. The standard InChI is InChI=1S/C17H29NO/c1-4-17(3)12(9-13(17)19-5-2)18-16-14-10-6-7-11(8-10)15(14)16/h10-16,18H,4-9H2,1-3H3. The monoisotopic (exact) mass is 263 g/mol. The average Bonchev–Trinajstić information content (AvgIpc) is 2.81. The maximum Gasteiger partial charge on any atom is 0.0658 e. The number of nitrogens with one attached hydrogen (secondary N) is 1. The van der Waals surface area contributed by atoms with Crippen LogP contribution in [0.15, 0.2) is 0 Å². The average molecular weight is 263 g/mol. The summed E-state index contributed by atoms with van der Waals surface area (Å²) in [6.45, 7) is 7.75. The summed E-state index contributed by atoms with van der Waals surface area (Å²) >= 11 is 0. The number of rotatable bonds is 5. The SMILES string of the molecule is CCOC1CC(NC2C3C4CCC(C4)C23)C1(C)CC. The number of ether oxygens (including phenoxy) is 1. The maximum atomic E-state index is 5.93. The maximum absolute atomic E-state index is 5.93. The van der Waals surface area contributed by atoms with Crippen LogP contribution in [0.4, 0.5) is 0 Å². The number of hydrogen-bond acceptors (Lipinski definition) is 2. The Morgan fingerprint density at radius 2 is 1.79 bits per heavy atom. The van der Waals surface area contributed by atoms with Crippen LogP contribution < -0.4 is 5.32 Å². The normalized spacial score (nSPS) is 57.9. The second-order valence-corrected chi connectivity index (χ2v) is 7.77. The van der Waals surface area contributed by atoms with Crippen LogP contribution in [0.5, 0.6) is 0 Å². The Morgan fingerprint density at radius 3 is 2.37 bits per heavy atom. The first-order valence-corrected chi connectivity index (χ1v) is 8.56. The molecule has 4 aliphatic carbocycles. The molecule has 0 amide bonds. The lowest BCUT2D eigenvalue weighted by molar-refractivity contribution is -0.126. The van der Waals surface area contributed by atoms with Gasteiger partial charge in [0.05, 0.1) is 6.10 Å². The number of hydrogen-bond donors (Lipinski definition) is 1. The minimum atomic E-state index is 0.381. The highest BCUT2D eigenvalue weighted by atomic mass is 16.5. The summed E-state index contributed by atoms with van der Waals surface area (Å²) in [4.78, 5) is 0. The fraction of sp³-hybridized carbons (Fsp3) is 1.00. The van der Waals surface area contributed by atoms with Crippen molar-refractivity contribution in [3.63, 3.8) is 0 Å². The Kier molecular flexibility index (Phi) is 2.80. The predicted molar refractivity (Wildman–Crippen MR) is 77.0 cm³/mol. The molecule has 7 unspecified atom stereocenters. The van der Waals surface area contributed by atoms with Crippen LogP contribution in [0, 0.1) is 29.1 Å². The van der Waals surface area contributed by atoms with Gasteiger partial charge >= 0.3 is 0 Å². The minimum absolute atomic E-state index is 0.381. The molecule has 0 aromatic heterocycles. The summed E-state index contributed by atoms with van der Waals surface area (Å²) in [6, 6.07) is 1.59. The van der Waals surface area contributed by atoms with Crippen molar-refractivity contribution in [2.75, 3.05) is 6.61 Å². The molecule has 4 aliphatic rings. The van der Waals surface area contributed by atoms with E-state index in [4.69, 9.17) is 4.74 Å². The van der Waals surface area contributed by atoms with Crippen LogP contribution in [0.2, 0.25) is 0 Å². The third kappa shape index (κ3) is 1.62. The molecule has 4 fully saturated rings. The second kappa shape index (κ2) is 4.21. The van der Waals surface area contributed by atoms with Gasteiger partial charge in [0.2, 0.25) is 0 Å². The first-order valence-electron chi connectivity index (χ1n) is 8.56. The Balaban J connectivity index is 1.37. The molecule has 0 aliphatic heterocycles. The molecule has 4 rings (SSSR count). The van der Waals surface area contributed by atoms with E-state index in [1.807, 2.05) is 0 Å². The molecule has 4 saturated carbocycles. The topological polar surface area (TPSA) is 21.3 Å². The van der Waals surface area contributed by atoms with Crippen molar-refractivity contribution in [2.45, 2.75) is 71.1 Å². The molecule has 2 heteroatoms. The molecule has 0 saturated heterocycles. The number of fused-ring (bicyclic) bond motifs is 5. The zero-order chi connectivity index (χ0) is 13.2. The van der Waals surface area contributed by atoms with E-state index in [1.54, 1.807) is 6.42 Å². The van der Waals surface area contributed by atoms with E-state index >= 15 is 0 Å². The molecule has 0 aromatic carbocycles. The van der Waals surface area contributed by atoms with Gasteiger partial charge in [-0.1, -0.05) is 13.8 Å². The van der Waals surface area contributed by atoms with E-state index in [0.717, 1.165) is 36.3 Å². The quantitative estimate of drug-likeness (QED) is 0.822. The predicted octanol–water partition coefficient (Wildman–Crippen LogP) is 3.21. The molecule has 2 bridgehead atoms. The van der Waals surface area contributed by atoms with Crippen LogP contribution in [0.25, 0.3) is 0 Å². The van der Waals surface area contributed by atoms with Crippen molar-refractivity contribution in [2.24, 2.45) is 29.1 Å². The highest BCUT2D eigenvalue weighted by molar-refractivity contribution is 5.19. The molecular weight excluding hydrogens is 234 g/mol. The summed E-state index contributed by atoms with van der Waals surface area (Å²) in [5, 5.41) is 4.04. The Bertz CT molecular complexity index is 354. The van der Waals surface area contributed by atoms with Crippen molar-refractivity contribution in [1.82, 2.24) is 5.32 Å². The third-order valence-electron chi connectivity index (χ3n) is 7.24. The summed E-state index contributed by atoms with van der Waals surface area (Å²) in [6.07, 6.45) is 7.59. The van der Waals surface area contributed by atoms with Crippen molar-refractivity contribution in [3.8, 4) is 0 Å². The highest BCUT2D eigenvalue weighted by Crippen LogP contribution is 2.66. The van der Waals surface area contributed by atoms with Gasteiger partial charge in [-0.3, -0.25) is 0 Å². The fourth-order valence-electron chi connectivity index (χ4n) is 5.79. The Morgan fingerprint density at radius 1 is 1.11 bits per heavy atom. The van der Waals surface area contributed by atoms with Gasteiger partial charge in [-0.15, -0.1) is 0 Å². The smallest absolute Gasteiger partial charge is 0.0658 e. The molecule has 0 radical (unpaired) electrons. The summed E-state index contributed by atoms with van der Waals surface area (Å²) < 4.78 is 5.93. The first kappa shape index (κ1) is 12.6. The minimum Gasteiger partial charge on any atom is -0.378 e. The summed E-state index contributed by atoms with van der Waals surface area (Å²) in [5.41, 5.74) is 0.381. The molecule has 2 nitrogen and oxygen atoms in total. The van der Waals surface area contributed by atoms with Gasteiger partial charge in [-0.05, 0) is 62.7 Å². The van der Waals surface area contributed by atoms with E-state index in [0.29, 0.717) is 17.6 Å². The molecule has 0 spiro atoms. The summed E-state index contributed by atoms with van der Waals surface area (Å²) in [7, 11) is 0. The van der Waals surface area contributed by atoms with Gasteiger partial charge in [0.15, 0.2) is 0 Å². The van der Waals surface area contributed by atoms with E-state index in [1.165, 1.54) is 25.7 Å². The first-order chi connectivity index (χ1) is 9.19. The Labute approximate surface area is 117 Å². The van der Waals surface area contributed by atoms with Crippen LogP contribution in [-0.2, 0) is 4.74 Å². The second-order valence-electron chi connectivity index (χ2n) is 7.77. The van der Waals surface area contributed by atoms with E-state index < -0.39 is 0 Å². The van der Waals surface area contributed by atoms with Crippen molar-refractivity contribution >= 4 is 0 Å². The van der Waals surface area contributed by atoms with Gasteiger partial charge in [0.1, 0.15) is 0 Å². The molecule has 0 heterocycles. The van der Waals surface area contributed by atoms with Gasteiger partial charge in [-0.25, -0.2) is 0 Å².